The van der Waals surface area contributed by atoms with Crippen LogP contribution in [0.4, 0.5) is 0 Å². The summed E-state index contributed by atoms with van der Waals surface area (Å²) in [4.78, 5) is 51.9. The molecule has 4 rings (SSSR count). The maximum atomic E-state index is 13.9. The summed E-state index contributed by atoms with van der Waals surface area (Å²) in [5.74, 6) is -3.65. The van der Waals surface area contributed by atoms with E-state index >= 15 is 0 Å². The molecule has 0 aromatic rings. The van der Waals surface area contributed by atoms with Crippen LogP contribution in [0, 0.1) is 28.6 Å². The summed E-state index contributed by atoms with van der Waals surface area (Å²) in [6.07, 6.45) is -0.147. The van der Waals surface area contributed by atoms with E-state index in [0.29, 0.717) is 24.8 Å². The van der Waals surface area contributed by atoms with Crippen LogP contribution in [0.1, 0.15) is 46.5 Å². The number of carbonyl (C=O) groups excluding carboxylic acids is 4. The number of cyclic esters (lactones) is 1. The van der Waals surface area contributed by atoms with Gasteiger partial charge in [-0.3, -0.25) is 19.2 Å². The zero-order chi connectivity index (χ0) is 25.7. The fraction of sp³-hybridized carbons (Fsp3) is 0.760. The first-order chi connectivity index (χ1) is 16.5. The topological polar surface area (TPSA) is 124 Å². The minimum atomic E-state index is -1.08. The fourth-order valence-electron chi connectivity index (χ4n) is 7.06. The molecule has 0 amide bonds. The van der Waals surface area contributed by atoms with Gasteiger partial charge < -0.3 is 28.4 Å². The second-order valence-electron chi connectivity index (χ2n) is 10.5. The van der Waals surface area contributed by atoms with E-state index in [1.165, 1.54) is 28.3 Å². The first-order valence-corrected chi connectivity index (χ1v) is 11.9. The van der Waals surface area contributed by atoms with Crippen molar-refractivity contribution in [3.63, 3.8) is 0 Å². The van der Waals surface area contributed by atoms with E-state index in [4.69, 9.17) is 28.4 Å². The van der Waals surface area contributed by atoms with E-state index < -0.39 is 71.3 Å². The maximum absolute atomic E-state index is 13.9. The largest absolute Gasteiger partial charge is 0.469 e. The number of esters is 3. The molecule has 0 aromatic carbocycles. The molecule has 2 aliphatic heterocycles. The molecule has 194 valence electrons. The number of ether oxygens (including phenoxy) is 6. The Bertz CT molecular complexity index is 943. The molecule has 3 fully saturated rings. The van der Waals surface area contributed by atoms with E-state index in [-0.39, 0.29) is 12.2 Å². The summed E-state index contributed by atoms with van der Waals surface area (Å²) in [6.45, 7) is 5.05. The van der Waals surface area contributed by atoms with Crippen molar-refractivity contribution in [1.82, 2.24) is 0 Å². The van der Waals surface area contributed by atoms with E-state index in [2.05, 4.69) is 0 Å². The lowest BCUT2D eigenvalue weighted by molar-refractivity contribution is -0.211. The summed E-state index contributed by atoms with van der Waals surface area (Å²) in [5.41, 5.74) is -1.02. The molecule has 10 nitrogen and oxygen atoms in total. The molecular weight excluding hydrogens is 460 g/mol. The number of Topliss-reactive ketones (excluding diaryl/α,β-unsaturated/α-hetero) is 1. The van der Waals surface area contributed by atoms with Crippen LogP contribution in [-0.4, -0.2) is 69.8 Å². The predicted molar refractivity (Wildman–Crippen MR) is 118 cm³/mol. The molecule has 0 radical (unpaired) electrons. The van der Waals surface area contributed by atoms with E-state index in [1.54, 1.807) is 6.08 Å². The first-order valence-electron chi connectivity index (χ1n) is 11.9. The molecule has 0 aromatic heterocycles. The Labute approximate surface area is 204 Å². The Morgan fingerprint density at radius 2 is 1.80 bits per heavy atom. The van der Waals surface area contributed by atoms with Crippen molar-refractivity contribution in [1.29, 1.82) is 0 Å². The average molecular weight is 495 g/mol. The lowest BCUT2D eigenvalue weighted by Crippen LogP contribution is -2.65. The van der Waals surface area contributed by atoms with Gasteiger partial charge >= 0.3 is 17.9 Å². The first kappa shape index (κ1) is 25.8. The Hall–Kier alpha value is -2.30. The molecule has 2 saturated carbocycles. The SMILES string of the molecule is COC(=O)[C@@H]1C[C@H](OC(C)=O)C(=O)[C@H]2[C@@]1(C)CC[C@H]1C(=O)O[C@H](C3=C[C@@H](OC)O[C@@H]3OC)C[C@]21C. The van der Waals surface area contributed by atoms with Crippen molar-refractivity contribution in [3.05, 3.63) is 11.6 Å². The van der Waals surface area contributed by atoms with E-state index in [0.717, 1.165) is 0 Å². The quantitative estimate of drug-likeness (QED) is 0.318. The number of fused-ring (bicyclic) bond motifs is 3. The highest BCUT2D eigenvalue weighted by atomic mass is 16.8. The fourth-order valence-corrected chi connectivity index (χ4v) is 7.06. The van der Waals surface area contributed by atoms with Crippen molar-refractivity contribution in [2.24, 2.45) is 28.6 Å². The van der Waals surface area contributed by atoms with Gasteiger partial charge in [-0.1, -0.05) is 13.8 Å². The van der Waals surface area contributed by atoms with E-state index in [9.17, 15) is 19.2 Å². The lowest BCUT2D eigenvalue weighted by atomic mass is 9.43. The molecule has 0 spiro atoms. The van der Waals surface area contributed by atoms with Crippen LogP contribution in [0.5, 0.6) is 0 Å². The third-order valence-corrected chi connectivity index (χ3v) is 8.57. The second kappa shape index (κ2) is 9.29. The van der Waals surface area contributed by atoms with Crippen LogP contribution in [0.15, 0.2) is 11.6 Å². The highest BCUT2D eigenvalue weighted by Gasteiger charge is 2.68. The molecule has 35 heavy (non-hydrogen) atoms. The normalized spacial score (nSPS) is 42.9. The molecule has 9 atom stereocenters. The Morgan fingerprint density at radius 3 is 2.40 bits per heavy atom. The number of ketones is 1. The lowest BCUT2D eigenvalue weighted by Gasteiger charge is -2.61. The summed E-state index contributed by atoms with van der Waals surface area (Å²) in [7, 11) is 4.29. The van der Waals surface area contributed by atoms with Gasteiger partial charge in [0.15, 0.2) is 24.5 Å². The zero-order valence-electron chi connectivity index (χ0n) is 21.0. The van der Waals surface area contributed by atoms with Crippen molar-refractivity contribution >= 4 is 23.7 Å². The molecule has 2 aliphatic carbocycles. The number of methoxy groups -OCH3 is 3. The molecule has 0 N–H and O–H groups in total. The van der Waals surface area contributed by atoms with Crippen molar-refractivity contribution in [2.45, 2.75) is 71.2 Å². The van der Waals surface area contributed by atoms with Crippen LogP contribution in [-0.2, 0) is 47.6 Å². The number of rotatable bonds is 5. The van der Waals surface area contributed by atoms with Crippen LogP contribution in [0.3, 0.4) is 0 Å². The summed E-state index contributed by atoms with van der Waals surface area (Å²) < 4.78 is 32.7. The Kier molecular flexibility index (Phi) is 6.85. The van der Waals surface area contributed by atoms with Gasteiger partial charge in [-0.2, -0.15) is 0 Å². The van der Waals surface area contributed by atoms with Gasteiger partial charge in [0.1, 0.15) is 6.10 Å². The number of hydrogen-bond donors (Lipinski definition) is 0. The van der Waals surface area contributed by atoms with Crippen LogP contribution in [0.25, 0.3) is 0 Å². The predicted octanol–water partition coefficient (Wildman–Crippen LogP) is 1.94. The molecule has 1 saturated heterocycles. The van der Waals surface area contributed by atoms with Gasteiger partial charge in [0.05, 0.1) is 18.9 Å². The highest BCUT2D eigenvalue weighted by Crippen LogP contribution is 2.64. The van der Waals surface area contributed by atoms with Crippen molar-refractivity contribution < 1.29 is 47.6 Å². The third kappa shape index (κ3) is 4.09. The monoisotopic (exact) mass is 494 g/mol. The Morgan fingerprint density at radius 1 is 1.09 bits per heavy atom. The molecule has 2 heterocycles. The molecule has 10 heteroatoms. The standard InChI is InChI=1S/C25H34O10/c1-12(26)33-16-10-15(21(28)31-5)24(2)8-7-14-22(29)34-17(11-25(14,3)20(24)19(16)27)13-9-18(30-4)35-23(13)32-6/h9,14-18,20,23H,7-8,10-11H2,1-6H3/t14-,15-,16-,17-,18-,20-,23-,24-,25-/m0/s1. The van der Waals surface area contributed by atoms with Gasteiger partial charge in [-0.05, 0) is 36.2 Å². The van der Waals surface area contributed by atoms with Gasteiger partial charge in [-0.25, -0.2) is 0 Å². The second-order valence-corrected chi connectivity index (χ2v) is 10.5. The smallest absolute Gasteiger partial charge is 0.310 e. The summed E-state index contributed by atoms with van der Waals surface area (Å²) in [6, 6.07) is 0. The van der Waals surface area contributed by atoms with Gasteiger partial charge in [0.25, 0.3) is 0 Å². The summed E-state index contributed by atoms with van der Waals surface area (Å²) in [5, 5.41) is 0. The molecule has 4 aliphatic rings. The summed E-state index contributed by atoms with van der Waals surface area (Å²) >= 11 is 0. The zero-order valence-corrected chi connectivity index (χ0v) is 21.0. The van der Waals surface area contributed by atoms with Gasteiger partial charge in [0.2, 0.25) is 0 Å². The Balaban J connectivity index is 1.77. The third-order valence-electron chi connectivity index (χ3n) is 8.57. The minimum absolute atomic E-state index is 0.0625. The molecule has 0 bridgehead atoms. The van der Waals surface area contributed by atoms with Crippen LogP contribution >= 0.6 is 0 Å². The van der Waals surface area contributed by atoms with E-state index in [1.807, 2.05) is 13.8 Å². The van der Waals surface area contributed by atoms with Crippen LogP contribution < -0.4 is 0 Å². The van der Waals surface area contributed by atoms with Crippen molar-refractivity contribution in [3.8, 4) is 0 Å². The van der Waals surface area contributed by atoms with Gasteiger partial charge in [0, 0.05) is 39.1 Å². The van der Waals surface area contributed by atoms with Crippen molar-refractivity contribution in [2.75, 3.05) is 21.3 Å². The molecule has 0 unspecified atom stereocenters. The van der Waals surface area contributed by atoms with Gasteiger partial charge in [-0.15, -0.1) is 0 Å². The maximum Gasteiger partial charge on any atom is 0.310 e. The number of carbonyl (C=O) groups is 4. The van der Waals surface area contributed by atoms with Crippen LogP contribution in [0.2, 0.25) is 0 Å². The molecular formula is C25H34O10. The number of hydrogen-bond acceptors (Lipinski definition) is 10. The highest BCUT2D eigenvalue weighted by molar-refractivity contribution is 5.93. The average Bonchev–Trinajstić information content (AvgIpc) is 3.23. The minimum Gasteiger partial charge on any atom is -0.469 e.